The van der Waals surface area contributed by atoms with E-state index in [-0.39, 0.29) is 5.91 Å². The summed E-state index contributed by atoms with van der Waals surface area (Å²) in [7, 11) is 2.16. The van der Waals surface area contributed by atoms with Crippen LogP contribution in [-0.2, 0) is 0 Å². The van der Waals surface area contributed by atoms with Crippen LogP contribution < -0.4 is 5.32 Å². The quantitative estimate of drug-likeness (QED) is 0.876. The van der Waals surface area contributed by atoms with Crippen molar-refractivity contribution in [2.45, 2.75) is 5.92 Å². The number of rotatable bonds is 1. The molecule has 0 spiro atoms. The predicted molar refractivity (Wildman–Crippen MR) is 87.9 cm³/mol. The van der Waals surface area contributed by atoms with Crippen LogP contribution in [-0.4, -0.2) is 37.5 Å². The molecule has 0 bridgehead atoms. The molecular weight excluding hydrogens is 272 g/mol. The second-order valence-corrected chi connectivity index (χ2v) is 6.43. The van der Waals surface area contributed by atoms with Gasteiger partial charge in [-0.25, -0.2) is 0 Å². The molecule has 22 heavy (non-hydrogen) atoms. The van der Waals surface area contributed by atoms with E-state index < -0.39 is 0 Å². The van der Waals surface area contributed by atoms with Gasteiger partial charge in [-0.3, -0.25) is 4.79 Å². The molecule has 0 saturated carbocycles. The lowest BCUT2D eigenvalue weighted by Crippen LogP contribution is -2.29. The topological polar surface area (TPSA) is 32.3 Å². The zero-order chi connectivity index (χ0) is 15.1. The van der Waals surface area contributed by atoms with Crippen LogP contribution in [0.2, 0.25) is 0 Å². The van der Waals surface area contributed by atoms with E-state index in [0.29, 0.717) is 11.8 Å². The predicted octanol–water partition coefficient (Wildman–Crippen LogP) is 2.74. The fourth-order valence-corrected chi connectivity index (χ4v) is 3.95. The minimum atomic E-state index is 0.0755. The normalized spacial score (nSPS) is 24.3. The van der Waals surface area contributed by atoms with Gasteiger partial charge in [-0.15, -0.1) is 0 Å². The molecular formula is C19H20N2O. The molecule has 0 unspecified atom stereocenters. The van der Waals surface area contributed by atoms with E-state index in [0.717, 1.165) is 36.3 Å². The maximum atomic E-state index is 12.7. The smallest absolute Gasteiger partial charge is 0.252 e. The van der Waals surface area contributed by atoms with E-state index in [1.165, 1.54) is 5.56 Å². The maximum absolute atomic E-state index is 12.7. The van der Waals surface area contributed by atoms with Gasteiger partial charge >= 0.3 is 0 Å². The van der Waals surface area contributed by atoms with Crippen molar-refractivity contribution in [1.82, 2.24) is 10.2 Å². The molecule has 2 heterocycles. The van der Waals surface area contributed by atoms with Gasteiger partial charge < -0.3 is 10.2 Å². The molecule has 112 valence electrons. The Kier molecular flexibility index (Phi) is 3.23. The van der Waals surface area contributed by atoms with Crippen molar-refractivity contribution in [3.63, 3.8) is 0 Å². The highest BCUT2D eigenvalue weighted by molar-refractivity contribution is 6.03. The second-order valence-electron chi connectivity index (χ2n) is 6.43. The number of benzene rings is 2. The summed E-state index contributed by atoms with van der Waals surface area (Å²) < 4.78 is 0. The van der Waals surface area contributed by atoms with E-state index in [9.17, 15) is 4.79 Å². The number of likely N-dealkylation sites (N-methyl/N-ethyl adjacent to an activating group) is 1. The maximum Gasteiger partial charge on any atom is 0.252 e. The monoisotopic (exact) mass is 292 g/mol. The average molecular weight is 292 g/mol. The summed E-state index contributed by atoms with van der Waals surface area (Å²) in [6, 6.07) is 16.5. The van der Waals surface area contributed by atoms with Crippen molar-refractivity contribution < 1.29 is 4.79 Å². The highest BCUT2D eigenvalue weighted by atomic mass is 16.1. The third-order valence-electron chi connectivity index (χ3n) is 4.96. The molecule has 2 aromatic rings. The Morgan fingerprint density at radius 2 is 1.86 bits per heavy atom. The molecule has 1 saturated heterocycles. The zero-order valence-corrected chi connectivity index (χ0v) is 12.8. The lowest BCUT2D eigenvalue weighted by molar-refractivity contribution is 0.0952. The molecule has 2 aliphatic rings. The lowest BCUT2D eigenvalue weighted by atomic mass is 9.84. The Hall–Kier alpha value is -2.13. The first-order valence-corrected chi connectivity index (χ1v) is 7.89. The summed E-state index contributed by atoms with van der Waals surface area (Å²) in [6.45, 7) is 2.86. The second kappa shape index (κ2) is 5.25. The van der Waals surface area contributed by atoms with Crippen molar-refractivity contribution in [3.8, 4) is 11.1 Å². The summed E-state index contributed by atoms with van der Waals surface area (Å²) >= 11 is 0. The molecule has 2 aliphatic heterocycles. The van der Waals surface area contributed by atoms with Gasteiger partial charge in [-0.2, -0.15) is 0 Å². The molecule has 3 heteroatoms. The van der Waals surface area contributed by atoms with Crippen LogP contribution in [0, 0.1) is 5.92 Å². The Morgan fingerprint density at radius 3 is 2.68 bits per heavy atom. The number of hydrogen-bond donors (Lipinski definition) is 1. The molecule has 0 radical (unpaired) electrons. The van der Waals surface area contributed by atoms with E-state index >= 15 is 0 Å². The van der Waals surface area contributed by atoms with Gasteiger partial charge in [0.2, 0.25) is 0 Å². The molecule has 1 fully saturated rings. The number of hydrogen-bond acceptors (Lipinski definition) is 2. The van der Waals surface area contributed by atoms with Gasteiger partial charge in [0.25, 0.3) is 5.91 Å². The molecule has 3 nitrogen and oxygen atoms in total. The van der Waals surface area contributed by atoms with Crippen molar-refractivity contribution in [2.24, 2.45) is 5.92 Å². The molecule has 4 rings (SSSR count). The highest BCUT2D eigenvalue weighted by Gasteiger charge is 2.37. The van der Waals surface area contributed by atoms with Gasteiger partial charge in [-0.05, 0) is 29.7 Å². The summed E-state index contributed by atoms with van der Waals surface area (Å²) in [5.74, 6) is 1.04. The van der Waals surface area contributed by atoms with E-state index in [2.05, 4.69) is 47.6 Å². The standard InChI is InChI=1S/C19H20N2O/c1-21-11-14-10-20-19(22)18-15(13-6-3-2-4-7-13)8-5-9-16(18)17(14)12-21/h2-9,14,17H,10-12H2,1H3,(H,20,22)/t14-,17-/m1/s1. The Bertz CT molecular complexity index is 711. The third-order valence-corrected chi connectivity index (χ3v) is 4.96. The van der Waals surface area contributed by atoms with Crippen molar-refractivity contribution >= 4 is 5.91 Å². The number of fused-ring (bicyclic) bond motifs is 3. The summed E-state index contributed by atoms with van der Waals surface area (Å²) in [5, 5.41) is 3.14. The molecule has 2 atom stereocenters. The van der Waals surface area contributed by atoms with Crippen molar-refractivity contribution in [3.05, 3.63) is 59.7 Å². The number of carbonyl (C=O) groups is 1. The van der Waals surface area contributed by atoms with Crippen LogP contribution in [0.25, 0.3) is 11.1 Å². The van der Waals surface area contributed by atoms with E-state index in [1.807, 2.05) is 18.2 Å². The third kappa shape index (κ3) is 2.13. The number of amides is 1. The van der Waals surface area contributed by atoms with Crippen LogP contribution in [0.15, 0.2) is 48.5 Å². The Morgan fingerprint density at radius 1 is 1.05 bits per heavy atom. The molecule has 1 amide bonds. The average Bonchev–Trinajstić information content (AvgIpc) is 2.87. The minimum absolute atomic E-state index is 0.0755. The van der Waals surface area contributed by atoms with Crippen molar-refractivity contribution in [1.29, 1.82) is 0 Å². The number of nitrogens with zero attached hydrogens (tertiary/aromatic N) is 1. The summed E-state index contributed by atoms with van der Waals surface area (Å²) in [4.78, 5) is 15.1. The number of nitrogens with one attached hydrogen (secondary N) is 1. The van der Waals surface area contributed by atoms with Crippen LogP contribution in [0.5, 0.6) is 0 Å². The van der Waals surface area contributed by atoms with Gasteiger partial charge in [0.1, 0.15) is 0 Å². The van der Waals surface area contributed by atoms with Crippen LogP contribution in [0.1, 0.15) is 21.8 Å². The van der Waals surface area contributed by atoms with Crippen LogP contribution in [0.4, 0.5) is 0 Å². The van der Waals surface area contributed by atoms with E-state index in [4.69, 9.17) is 0 Å². The van der Waals surface area contributed by atoms with Gasteiger partial charge in [-0.1, -0.05) is 48.5 Å². The Balaban J connectivity index is 1.89. The SMILES string of the molecule is CN1C[C@H]2CNC(=O)c3c(-c4ccccc4)cccc3[C@@H]2C1. The first kappa shape index (κ1) is 13.5. The summed E-state index contributed by atoms with van der Waals surface area (Å²) in [6.07, 6.45) is 0. The van der Waals surface area contributed by atoms with Crippen molar-refractivity contribution in [2.75, 3.05) is 26.7 Å². The van der Waals surface area contributed by atoms with Gasteiger partial charge in [0.05, 0.1) is 5.56 Å². The molecule has 0 aliphatic carbocycles. The Labute approximate surface area is 131 Å². The van der Waals surface area contributed by atoms with Gasteiger partial charge in [0.15, 0.2) is 0 Å². The first-order valence-electron chi connectivity index (χ1n) is 7.89. The highest BCUT2D eigenvalue weighted by Crippen LogP contribution is 2.38. The fourth-order valence-electron chi connectivity index (χ4n) is 3.95. The number of likely N-dealkylation sites (tertiary alicyclic amines) is 1. The fraction of sp³-hybridized carbons (Fsp3) is 0.316. The summed E-state index contributed by atoms with van der Waals surface area (Å²) in [5.41, 5.74) is 4.24. The molecule has 0 aromatic heterocycles. The van der Waals surface area contributed by atoms with Crippen LogP contribution >= 0.6 is 0 Å². The van der Waals surface area contributed by atoms with E-state index in [1.54, 1.807) is 0 Å². The number of carbonyl (C=O) groups excluding carboxylic acids is 1. The minimum Gasteiger partial charge on any atom is -0.352 e. The zero-order valence-electron chi connectivity index (χ0n) is 12.8. The molecule has 1 N–H and O–H groups in total. The lowest BCUT2D eigenvalue weighted by Gasteiger charge is -2.18. The van der Waals surface area contributed by atoms with Gasteiger partial charge in [0, 0.05) is 25.6 Å². The largest absolute Gasteiger partial charge is 0.352 e. The first-order chi connectivity index (χ1) is 10.7. The van der Waals surface area contributed by atoms with Crippen LogP contribution in [0.3, 0.4) is 0 Å². The molecule has 2 aromatic carbocycles.